The molecular formula is C14H16N2O3. The van der Waals surface area contributed by atoms with Crippen molar-refractivity contribution in [2.75, 3.05) is 0 Å². The minimum atomic E-state index is -0.425. The Morgan fingerprint density at radius 2 is 1.58 bits per heavy atom. The molecule has 2 N–H and O–H groups in total. The van der Waals surface area contributed by atoms with Crippen LogP contribution < -0.4 is 5.73 Å². The third kappa shape index (κ3) is 2.15. The maximum Gasteiger partial charge on any atom is 0.258 e. The van der Waals surface area contributed by atoms with Crippen molar-refractivity contribution in [1.29, 1.82) is 0 Å². The van der Waals surface area contributed by atoms with Crippen molar-refractivity contribution in [3.8, 4) is 0 Å². The van der Waals surface area contributed by atoms with Gasteiger partial charge in [0.15, 0.2) is 0 Å². The summed E-state index contributed by atoms with van der Waals surface area (Å²) in [6.07, 6.45) is 0.451. The summed E-state index contributed by atoms with van der Waals surface area (Å²) < 4.78 is 5.37. The molecule has 19 heavy (non-hydrogen) atoms. The van der Waals surface area contributed by atoms with Gasteiger partial charge < -0.3 is 10.5 Å². The summed E-state index contributed by atoms with van der Waals surface area (Å²) >= 11 is 0. The zero-order chi connectivity index (χ0) is 13.4. The maximum atomic E-state index is 12.1. The first-order chi connectivity index (χ1) is 9.19. The Bertz CT molecular complexity index is 490. The van der Waals surface area contributed by atoms with E-state index in [1.807, 2.05) is 24.3 Å². The molecule has 0 radical (unpaired) electrons. The van der Waals surface area contributed by atoms with E-state index >= 15 is 0 Å². The number of amides is 2. The van der Waals surface area contributed by atoms with E-state index in [9.17, 15) is 9.59 Å². The first-order valence-electron chi connectivity index (χ1n) is 6.47. The Morgan fingerprint density at radius 3 is 2.11 bits per heavy atom. The van der Waals surface area contributed by atoms with Crippen molar-refractivity contribution >= 4 is 11.8 Å². The molecule has 2 unspecified atom stereocenters. The average molecular weight is 260 g/mol. The second kappa shape index (κ2) is 4.75. The second-order valence-corrected chi connectivity index (χ2v) is 4.97. The fourth-order valence-electron chi connectivity index (χ4n) is 2.58. The fourth-order valence-corrected chi connectivity index (χ4v) is 2.58. The molecule has 0 aliphatic carbocycles. The van der Waals surface area contributed by atoms with Gasteiger partial charge in [0.25, 0.3) is 11.8 Å². The van der Waals surface area contributed by atoms with Gasteiger partial charge in [-0.15, -0.1) is 0 Å². The van der Waals surface area contributed by atoms with Crippen molar-refractivity contribution < 1.29 is 14.3 Å². The SMILES string of the molecule is NCc1ccc(CN2C(=O)C3CCC(O3)C2=O)cc1. The highest BCUT2D eigenvalue weighted by Crippen LogP contribution is 2.29. The number of nitrogens with zero attached hydrogens (tertiary/aromatic N) is 1. The summed E-state index contributed by atoms with van der Waals surface area (Å²) in [5, 5.41) is 0. The standard InChI is InChI=1S/C14H16N2O3/c15-7-9-1-3-10(4-2-9)8-16-13(17)11-5-6-12(19-11)14(16)18/h1-4,11-12H,5-8,15H2. The highest BCUT2D eigenvalue weighted by Gasteiger charge is 2.46. The van der Waals surface area contributed by atoms with Crippen LogP contribution in [0.1, 0.15) is 24.0 Å². The van der Waals surface area contributed by atoms with E-state index in [1.54, 1.807) is 0 Å². The van der Waals surface area contributed by atoms with Crippen molar-refractivity contribution in [3.63, 3.8) is 0 Å². The number of fused-ring (bicyclic) bond motifs is 2. The first kappa shape index (κ1) is 12.3. The van der Waals surface area contributed by atoms with Crippen LogP contribution >= 0.6 is 0 Å². The molecule has 0 spiro atoms. The monoisotopic (exact) mass is 260 g/mol. The Hall–Kier alpha value is -1.72. The molecule has 2 aliphatic heterocycles. The van der Waals surface area contributed by atoms with E-state index in [-0.39, 0.29) is 11.8 Å². The largest absolute Gasteiger partial charge is 0.355 e. The first-order valence-corrected chi connectivity index (χ1v) is 6.47. The predicted molar refractivity (Wildman–Crippen MR) is 67.8 cm³/mol. The molecular weight excluding hydrogens is 244 g/mol. The Balaban J connectivity index is 1.78. The number of likely N-dealkylation sites (tertiary alicyclic amines) is 1. The third-order valence-corrected chi connectivity index (χ3v) is 3.70. The highest BCUT2D eigenvalue weighted by atomic mass is 16.5. The molecule has 2 aliphatic rings. The summed E-state index contributed by atoms with van der Waals surface area (Å²) in [4.78, 5) is 25.5. The van der Waals surface area contributed by atoms with Crippen LogP contribution in [0.5, 0.6) is 0 Å². The highest BCUT2D eigenvalue weighted by molar-refractivity contribution is 6.02. The van der Waals surface area contributed by atoms with Gasteiger partial charge in [0, 0.05) is 6.54 Å². The van der Waals surface area contributed by atoms with Gasteiger partial charge in [-0.2, -0.15) is 0 Å². The zero-order valence-corrected chi connectivity index (χ0v) is 10.5. The second-order valence-electron chi connectivity index (χ2n) is 4.97. The van der Waals surface area contributed by atoms with Crippen molar-refractivity contribution in [3.05, 3.63) is 35.4 Å². The normalized spacial score (nSPS) is 26.1. The van der Waals surface area contributed by atoms with Gasteiger partial charge in [-0.3, -0.25) is 14.5 Å². The Morgan fingerprint density at radius 1 is 1.05 bits per heavy atom. The van der Waals surface area contributed by atoms with E-state index in [0.29, 0.717) is 25.9 Å². The molecule has 0 saturated carbocycles. The molecule has 1 aromatic carbocycles. The molecule has 2 fully saturated rings. The van der Waals surface area contributed by atoms with E-state index in [4.69, 9.17) is 10.5 Å². The van der Waals surface area contributed by atoms with E-state index in [1.165, 1.54) is 4.90 Å². The quantitative estimate of drug-likeness (QED) is 0.806. The number of imide groups is 1. The number of morpholine rings is 1. The lowest BCUT2D eigenvalue weighted by molar-refractivity contribution is -0.169. The predicted octanol–water partition coefficient (Wildman–Crippen LogP) is 0.562. The van der Waals surface area contributed by atoms with Gasteiger partial charge >= 0.3 is 0 Å². The number of carbonyl (C=O) groups is 2. The Kier molecular flexibility index (Phi) is 3.08. The number of ether oxygens (including phenoxy) is 1. The maximum absolute atomic E-state index is 12.1. The fraction of sp³-hybridized carbons (Fsp3) is 0.429. The van der Waals surface area contributed by atoms with Gasteiger partial charge in [0.05, 0.1) is 6.54 Å². The van der Waals surface area contributed by atoms with Crippen LogP contribution in [0.25, 0.3) is 0 Å². The van der Waals surface area contributed by atoms with Gasteiger partial charge in [-0.05, 0) is 24.0 Å². The molecule has 0 aromatic heterocycles. The molecule has 2 atom stereocenters. The van der Waals surface area contributed by atoms with Crippen LogP contribution in [0.4, 0.5) is 0 Å². The summed E-state index contributed by atoms with van der Waals surface area (Å²) in [7, 11) is 0. The van der Waals surface area contributed by atoms with E-state index in [0.717, 1.165) is 11.1 Å². The smallest absolute Gasteiger partial charge is 0.258 e. The molecule has 100 valence electrons. The molecule has 2 saturated heterocycles. The molecule has 3 rings (SSSR count). The van der Waals surface area contributed by atoms with Crippen molar-refractivity contribution in [2.45, 2.75) is 38.1 Å². The molecule has 1 aromatic rings. The van der Waals surface area contributed by atoms with Gasteiger partial charge in [0.1, 0.15) is 12.2 Å². The molecule has 5 nitrogen and oxygen atoms in total. The number of hydrogen-bond acceptors (Lipinski definition) is 4. The van der Waals surface area contributed by atoms with Crippen LogP contribution in [0.3, 0.4) is 0 Å². The minimum Gasteiger partial charge on any atom is -0.355 e. The molecule has 2 bridgehead atoms. The lowest BCUT2D eigenvalue weighted by Crippen LogP contribution is -2.51. The van der Waals surface area contributed by atoms with Gasteiger partial charge in [-0.25, -0.2) is 0 Å². The summed E-state index contributed by atoms with van der Waals surface area (Å²) in [5.74, 6) is -0.414. The van der Waals surface area contributed by atoms with Crippen molar-refractivity contribution in [2.24, 2.45) is 5.73 Å². The molecule has 2 amide bonds. The summed E-state index contributed by atoms with van der Waals surface area (Å²) in [6.45, 7) is 0.804. The zero-order valence-electron chi connectivity index (χ0n) is 10.5. The lowest BCUT2D eigenvalue weighted by Gasteiger charge is -2.29. The Labute approximate surface area is 111 Å². The summed E-state index contributed by atoms with van der Waals surface area (Å²) in [5.41, 5.74) is 7.50. The minimum absolute atomic E-state index is 0.207. The molecule has 5 heteroatoms. The van der Waals surface area contributed by atoms with Crippen LogP contribution in [0.2, 0.25) is 0 Å². The average Bonchev–Trinajstić information content (AvgIpc) is 2.89. The lowest BCUT2D eigenvalue weighted by atomic mass is 10.1. The third-order valence-electron chi connectivity index (χ3n) is 3.70. The van der Waals surface area contributed by atoms with Crippen LogP contribution in [-0.2, 0) is 27.4 Å². The summed E-state index contributed by atoms with van der Waals surface area (Å²) in [6, 6.07) is 7.64. The number of carbonyl (C=O) groups excluding carboxylic acids is 2. The van der Waals surface area contributed by atoms with Crippen LogP contribution in [0.15, 0.2) is 24.3 Å². The van der Waals surface area contributed by atoms with E-state index in [2.05, 4.69) is 0 Å². The topological polar surface area (TPSA) is 72.6 Å². The van der Waals surface area contributed by atoms with Crippen LogP contribution in [0, 0.1) is 0 Å². The number of rotatable bonds is 3. The van der Waals surface area contributed by atoms with Crippen LogP contribution in [-0.4, -0.2) is 28.9 Å². The number of nitrogens with two attached hydrogens (primary N) is 1. The number of hydrogen-bond donors (Lipinski definition) is 1. The van der Waals surface area contributed by atoms with Crippen molar-refractivity contribution in [1.82, 2.24) is 4.90 Å². The van der Waals surface area contributed by atoms with E-state index < -0.39 is 12.2 Å². The van der Waals surface area contributed by atoms with Gasteiger partial charge in [0.2, 0.25) is 0 Å². The van der Waals surface area contributed by atoms with Gasteiger partial charge in [-0.1, -0.05) is 24.3 Å². The molecule has 2 heterocycles. The number of benzene rings is 1.